The van der Waals surface area contributed by atoms with Crippen LogP contribution in [0.5, 0.6) is 0 Å². The van der Waals surface area contributed by atoms with E-state index in [1.54, 1.807) is 6.07 Å². The molecule has 1 heterocycles. The van der Waals surface area contributed by atoms with Gasteiger partial charge >= 0.3 is 6.18 Å². The zero-order valence-corrected chi connectivity index (χ0v) is 15.6. The van der Waals surface area contributed by atoms with Crippen LogP contribution in [0, 0.1) is 23.0 Å². The Balaban J connectivity index is 2.39. The predicted molar refractivity (Wildman–Crippen MR) is 90.3 cm³/mol. The van der Waals surface area contributed by atoms with E-state index >= 15 is 0 Å². The zero-order chi connectivity index (χ0) is 22.1. The Morgan fingerprint density at radius 3 is 2.41 bits per heavy atom. The Bertz CT molecular complexity index is 1100. The second kappa shape index (κ2) is 7.80. The summed E-state index contributed by atoms with van der Waals surface area (Å²) in [5.74, 6) is -3.99. The minimum absolute atomic E-state index is 0.399. The number of aryl methyl sites for hydroxylation is 1. The number of carbonyl (C=O) groups is 1. The fourth-order valence-corrected chi connectivity index (χ4v) is 3.63. The molecule has 0 spiro atoms. The maximum absolute atomic E-state index is 14.6. The first kappa shape index (κ1) is 22.3. The number of nitrogens with one attached hydrogen (secondary N) is 2. The van der Waals surface area contributed by atoms with Crippen LogP contribution < -0.4 is 10.0 Å². The SMILES string of the molecule is CC(NS(=O)(=O)c1cn(C)c(C(=O)Nc2cccc(C#N)c2F)c1F)C(F)(F)F. The molecule has 1 aromatic carbocycles. The van der Waals surface area contributed by atoms with E-state index in [4.69, 9.17) is 5.26 Å². The van der Waals surface area contributed by atoms with Gasteiger partial charge in [0, 0.05) is 13.2 Å². The van der Waals surface area contributed by atoms with Crippen molar-refractivity contribution in [3.05, 3.63) is 47.3 Å². The van der Waals surface area contributed by atoms with Gasteiger partial charge in [0.1, 0.15) is 22.7 Å². The Hall–Kier alpha value is -2.98. The van der Waals surface area contributed by atoms with E-state index in [2.05, 4.69) is 0 Å². The summed E-state index contributed by atoms with van der Waals surface area (Å²) in [7, 11) is -3.89. The smallest absolute Gasteiger partial charge is 0.343 e. The lowest BCUT2D eigenvalue weighted by Gasteiger charge is -2.16. The molecule has 2 rings (SSSR count). The minimum Gasteiger partial charge on any atom is -0.343 e. The highest BCUT2D eigenvalue weighted by Crippen LogP contribution is 2.25. The Morgan fingerprint density at radius 2 is 1.86 bits per heavy atom. The highest BCUT2D eigenvalue weighted by atomic mass is 32.2. The van der Waals surface area contributed by atoms with Gasteiger partial charge in [-0.2, -0.15) is 23.2 Å². The Morgan fingerprint density at radius 1 is 1.24 bits per heavy atom. The van der Waals surface area contributed by atoms with Crippen LogP contribution in [0.1, 0.15) is 23.0 Å². The molecule has 1 amide bonds. The number of rotatable bonds is 5. The molecule has 0 saturated carbocycles. The van der Waals surface area contributed by atoms with Gasteiger partial charge in [-0.05, 0) is 19.1 Å². The number of hydrogen-bond acceptors (Lipinski definition) is 4. The molecule has 1 atom stereocenters. The minimum atomic E-state index is -4.96. The third kappa shape index (κ3) is 4.54. The van der Waals surface area contributed by atoms with E-state index < -0.39 is 61.6 Å². The van der Waals surface area contributed by atoms with Crippen molar-refractivity contribution in [2.75, 3.05) is 5.32 Å². The molecule has 2 aromatic rings. The second-order valence-corrected chi connectivity index (χ2v) is 7.57. The van der Waals surface area contributed by atoms with Crippen LogP contribution in [0.4, 0.5) is 27.6 Å². The van der Waals surface area contributed by atoms with Crippen LogP contribution >= 0.6 is 0 Å². The van der Waals surface area contributed by atoms with Gasteiger partial charge in [0.2, 0.25) is 10.0 Å². The van der Waals surface area contributed by atoms with Gasteiger partial charge in [0.25, 0.3) is 5.91 Å². The van der Waals surface area contributed by atoms with Crippen LogP contribution in [0.15, 0.2) is 29.3 Å². The highest BCUT2D eigenvalue weighted by Gasteiger charge is 2.40. The van der Waals surface area contributed by atoms with E-state index in [0.29, 0.717) is 13.1 Å². The summed E-state index contributed by atoms with van der Waals surface area (Å²) in [6.07, 6.45) is -4.31. The number of halogens is 5. The van der Waals surface area contributed by atoms with Crippen molar-refractivity contribution in [1.82, 2.24) is 9.29 Å². The molecule has 0 aliphatic carbocycles. The molecule has 0 saturated heterocycles. The fourth-order valence-electron chi connectivity index (χ4n) is 2.28. The topological polar surface area (TPSA) is 104 Å². The van der Waals surface area contributed by atoms with Crippen molar-refractivity contribution in [2.24, 2.45) is 7.05 Å². The van der Waals surface area contributed by atoms with Crippen LogP contribution in [0.2, 0.25) is 0 Å². The molecule has 0 fully saturated rings. The third-order valence-corrected chi connectivity index (χ3v) is 5.31. The maximum atomic E-state index is 14.6. The summed E-state index contributed by atoms with van der Waals surface area (Å²) in [6, 6.07) is 2.49. The lowest BCUT2D eigenvalue weighted by atomic mass is 10.2. The number of nitriles is 1. The molecular weight excluding hydrogens is 423 g/mol. The average molecular weight is 436 g/mol. The number of alkyl halides is 3. The average Bonchev–Trinajstić information content (AvgIpc) is 2.91. The van der Waals surface area contributed by atoms with Gasteiger partial charge in [-0.3, -0.25) is 4.79 Å². The number of nitrogens with zero attached hydrogens (tertiary/aromatic N) is 2. The number of carbonyl (C=O) groups excluding carboxylic acids is 1. The number of amides is 1. The molecule has 0 aliphatic heterocycles. The number of hydrogen-bond donors (Lipinski definition) is 2. The maximum Gasteiger partial charge on any atom is 0.404 e. The molecule has 2 N–H and O–H groups in total. The third-order valence-electron chi connectivity index (χ3n) is 3.78. The quantitative estimate of drug-likeness (QED) is 0.704. The number of aromatic nitrogens is 1. The molecule has 29 heavy (non-hydrogen) atoms. The first-order valence-corrected chi connectivity index (χ1v) is 9.21. The van der Waals surface area contributed by atoms with Crippen LogP contribution in [-0.2, 0) is 17.1 Å². The summed E-state index contributed by atoms with van der Waals surface area (Å²) in [4.78, 5) is 11.1. The standard InChI is InChI=1S/C16H13F5N4O3S/c1-8(16(19,20)21)24-29(27,28)11-7-25(2)14(13(11)18)15(26)23-10-5-3-4-9(6-22)12(10)17/h3-5,7-8,24H,1-2H3,(H,23,26). The molecule has 0 aliphatic rings. The van der Waals surface area contributed by atoms with Crippen molar-refractivity contribution in [3.8, 4) is 6.07 Å². The first-order valence-electron chi connectivity index (χ1n) is 7.73. The molecule has 0 bridgehead atoms. The van der Waals surface area contributed by atoms with E-state index in [0.717, 1.165) is 23.7 Å². The van der Waals surface area contributed by atoms with Gasteiger partial charge < -0.3 is 9.88 Å². The van der Waals surface area contributed by atoms with E-state index in [1.165, 1.54) is 10.8 Å². The largest absolute Gasteiger partial charge is 0.404 e. The van der Waals surface area contributed by atoms with E-state index in [-0.39, 0.29) is 0 Å². The summed E-state index contributed by atoms with van der Waals surface area (Å²) in [5, 5.41) is 10.8. The molecule has 156 valence electrons. The predicted octanol–water partition coefficient (Wildman–Crippen LogP) is 2.66. The molecule has 1 aromatic heterocycles. The molecule has 13 heteroatoms. The molecule has 7 nitrogen and oxygen atoms in total. The molecular formula is C16H13F5N4O3S. The summed E-state index contributed by atoms with van der Waals surface area (Å²) >= 11 is 0. The van der Waals surface area contributed by atoms with Crippen LogP contribution in [-0.4, -0.2) is 31.1 Å². The lowest BCUT2D eigenvalue weighted by Crippen LogP contribution is -2.43. The van der Waals surface area contributed by atoms with Gasteiger partial charge in [-0.15, -0.1) is 0 Å². The van der Waals surface area contributed by atoms with Crippen molar-refractivity contribution in [1.29, 1.82) is 5.26 Å². The van der Waals surface area contributed by atoms with E-state index in [1.807, 2.05) is 5.32 Å². The van der Waals surface area contributed by atoms with Gasteiger partial charge in [0.15, 0.2) is 11.6 Å². The van der Waals surface area contributed by atoms with Crippen molar-refractivity contribution < 1.29 is 35.2 Å². The van der Waals surface area contributed by atoms with Crippen molar-refractivity contribution >= 4 is 21.6 Å². The summed E-state index contributed by atoms with van der Waals surface area (Å²) in [6.45, 7) is 0.525. The van der Waals surface area contributed by atoms with Crippen molar-refractivity contribution in [2.45, 2.75) is 24.0 Å². The van der Waals surface area contributed by atoms with Gasteiger partial charge in [-0.1, -0.05) is 6.07 Å². The number of anilines is 1. The zero-order valence-electron chi connectivity index (χ0n) is 14.8. The van der Waals surface area contributed by atoms with Gasteiger partial charge in [-0.25, -0.2) is 17.2 Å². The Labute approximate surface area is 161 Å². The fraction of sp³-hybridized carbons (Fsp3) is 0.250. The normalized spacial score (nSPS) is 13.0. The van der Waals surface area contributed by atoms with Crippen LogP contribution in [0.3, 0.4) is 0 Å². The molecule has 1 unspecified atom stereocenters. The Kier molecular flexibility index (Phi) is 6.00. The van der Waals surface area contributed by atoms with Crippen LogP contribution in [0.25, 0.3) is 0 Å². The first-order chi connectivity index (χ1) is 13.3. The lowest BCUT2D eigenvalue weighted by molar-refractivity contribution is -0.147. The van der Waals surface area contributed by atoms with Gasteiger partial charge in [0.05, 0.1) is 11.3 Å². The second-order valence-electron chi connectivity index (χ2n) is 5.88. The monoisotopic (exact) mass is 436 g/mol. The number of sulfonamides is 1. The summed E-state index contributed by atoms with van der Waals surface area (Å²) in [5.41, 5.74) is -1.74. The molecule has 0 radical (unpaired) electrons. The number of benzene rings is 1. The van der Waals surface area contributed by atoms with E-state index in [9.17, 15) is 35.2 Å². The highest BCUT2D eigenvalue weighted by molar-refractivity contribution is 7.89. The summed E-state index contributed by atoms with van der Waals surface area (Å²) < 4.78 is 92.7. The van der Waals surface area contributed by atoms with Crippen molar-refractivity contribution in [3.63, 3.8) is 0 Å².